The van der Waals surface area contributed by atoms with E-state index in [4.69, 9.17) is 9.90 Å². The Kier molecular flexibility index (Phi) is 5.06. The predicted molar refractivity (Wildman–Crippen MR) is 39.9 cm³/mol. The Bertz CT molecular complexity index is 427. The van der Waals surface area contributed by atoms with Crippen molar-refractivity contribution in [1.29, 1.82) is 0 Å². The van der Waals surface area contributed by atoms with E-state index in [1.807, 2.05) is 0 Å². The summed E-state index contributed by atoms with van der Waals surface area (Å²) in [6, 6.07) is -0.0618. The van der Waals surface area contributed by atoms with Gasteiger partial charge in [-0.25, -0.2) is 26.7 Å². The summed E-state index contributed by atoms with van der Waals surface area (Å²) in [6.45, 7) is 0. The van der Waals surface area contributed by atoms with E-state index in [2.05, 4.69) is 0 Å². The van der Waals surface area contributed by atoms with Gasteiger partial charge in [0.05, 0.1) is 0 Å². The Morgan fingerprint density at radius 1 is 0.889 bits per heavy atom. The van der Waals surface area contributed by atoms with Gasteiger partial charge in [0.1, 0.15) is 0 Å². The molecule has 0 fully saturated rings. The van der Waals surface area contributed by atoms with Crippen LogP contribution in [0.2, 0.25) is 0 Å². The molecule has 0 bridgehead atoms. The van der Waals surface area contributed by atoms with Gasteiger partial charge in [0, 0.05) is 6.07 Å². The largest absolute Gasteiger partial charge is 0.490 e. The predicted octanol–water partition coefficient (Wildman–Crippen LogP) is 3.02. The highest BCUT2D eigenvalue weighted by Gasteiger charge is 2.38. The first kappa shape index (κ1) is 16.1. The molecule has 0 atom stereocenters. The van der Waals surface area contributed by atoms with Gasteiger partial charge in [-0.05, 0) is 0 Å². The number of benzene rings is 1. The molecule has 0 aliphatic rings. The molecule has 0 aromatic heterocycles. The molecule has 18 heavy (non-hydrogen) atoms. The van der Waals surface area contributed by atoms with Crippen molar-refractivity contribution in [2.45, 2.75) is 6.18 Å². The van der Waals surface area contributed by atoms with Gasteiger partial charge in [-0.1, -0.05) is 0 Å². The second kappa shape index (κ2) is 5.65. The SMILES string of the molecule is Fc1cc(F)c(F)c(F)c1F.O=C(O)C(F)(F)F. The molecule has 10 heteroatoms. The van der Waals surface area contributed by atoms with E-state index >= 15 is 0 Å². The summed E-state index contributed by atoms with van der Waals surface area (Å²) >= 11 is 0. The van der Waals surface area contributed by atoms with Gasteiger partial charge in [-0.3, -0.25) is 0 Å². The van der Waals surface area contributed by atoms with E-state index < -0.39 is 41.2 Å². The topological polar surface area (TPSA) is 37.3 Å². The Balaban J connectivity index is 0.000000360. The van der Waals surface area contributed by atoms with Crippen molar-refractivity contribution in [3.8, 4) is 0 Å². The fourth-order valence-corrected chi connectivity index (χ4v) is 0.544. The molecule has 0 amide bonds. The molecule has 0 saturated heterocycles. The van der Waals surface area contributed by atoms with Crippen molar-refractivity contribution in [3.63, 3.8) is 0 Å². The summed E-state index contributed by atoms with van der Waals surface area (Å²) in [4.78, 5) is 8.90. The van der Waals surface area contributed by atoms with Crippen LogP contribution in [0.4, 0.5) is 35.1 Å². The molecule has 1 N–H and O–H groups in total. The van der Waals surface area contributed by atoms with E-state index in [9.17, 15) is 35.1 Å². The van der Waals surface area contributed by atoms with Crippen LogP contribution < -0.4 is 0 Å². The van der Waals surface area contributed by atoms with Gasteiger partial charge in [0.15, 0.2) is 23.3 Å². The van der Waals surface area contributed by atoms with Crippen molar-refractivity contribution in [1.82, 2.24) is 0 Å². The van der Waals surface area contributed by atoms with E-state index in [1.54, 1.807) is 0 Å². The van der Waals surface area contributed by atoms with Gasteiger partial charge in [-0.15, -0.1) is 0 Å². The van der Waals surface area contributed by atoms with Crippen LogP contribution in [0.25, 0.3) is 0 Å². The Morgan fingerprint density at radius 2 is 1.17 bits per heavy atom. The zero-order chi connectivity index (χ0) is 14.7. The quantitative estimate of drug-likeness (QED) is 0.451. The molecule has 1 aromatic carbocycles. The van der Waals surface area contributed by atoms with Gasteiger partial charge in [-0.2, -0.15) is 13.2 Å². The average molecular weight is 282 g/mol. The molecule has 2 nitrogen and oxygen atoms in total. The minimum Gasteiger partial charge on any atom is -0.475 e. The molecule has 0 unspecified atom stereocenters. The molecular formula is C8H2F8O2. The lowest BCUT2D eigenvalue weighted by Gasteiger charge is -1.96. The Labute approximate surface area is 93.4 Å². The maximum Gasteiger partial charge on any atom is 0.490 e. The minimum absolute atomic E-state index is 0.0618. The number of carbonyl (C=O) groups is 1. The second-order valence-corrected chi connectivity index (χ2v) is 2.59. The maximum atomic E-state index is 12.0. The fourth-order valence-electron chi connectivity index (χ4n) is 0.544. The summed E-state index contributed by atoms with van der Waals surface area (Å²) in [7, 11) is 0. The van der Waals surface area contributed by atoms with Crippen LogP contribution in [0.1, 0.15) is 0 Å². The van der Waals surface area contributed by atoms with Crippen molar-refractivity contribution < 1.29 is 45.0 Å². The Hall–Kier alpha value is -1.87. The highest BCUT2D eigenvalue weighted by molar-refractivity contribution is 5.73. The summed E-state index contributed by atoms with van der Waals surface area (Å²) in [6.07, 6.45) is -5.08. The van der Waals surface area contributed by atoms with Crippen LogP contribution in [0.3, 0.4) is 0 Å². The van der Waals surface area contributed by atoms with Crippen molar-refractivity contribution >= 4 is 5.97 Å². The molecule has 0 spiro atoms. The maximum absolute atomic E-state index is 12.0. The first-order valence-electron chi connectivity index (χ1n) is 3.77. The summed E-state index contributed by atoms with van der Waals surface area (Å²) in [5.41, 5.74) is 0. The molecule has 0 saturated carbocycles. The van der Waals surface area contributed by atoms with Crippen LogP contribution >= 0.6 is 0 Å². The summed E-state index contributed by atoms with van der Waals surface area (Å²) in [5.74, 6) is -12.4. The third-order valence-electron chi connectivity index (χ3n) is 1.30. The molecule has 102 valence electrons. The monoisotopic (exact) mass is 282 g/mol. The van der Waals surface area contributed by atoms with E-state index in [-0.39, 0.29) is 6.07 Å². The van der Waals surface area contributed by atoms with Crippen molar-refractivity contribution in [2.24, 2.45) is 0 Å². The van der Waals surface area contributed by atoms with E-state index in [0.29, 0.717) is 0 Å². The zero-order valence-corrected chi connectivity index (χ0v) is 7.96. The number of alkyl halides is 3. The molecule has 1 aromatic rings. The molecule has 1 rings (SSSR count). The first-order valence-corrected chi connectivity index (χ1v) is 3.77. The lowest BCUT2D eigenvalue weighted by atomic mass is 10.3. The number of carboxylic acid groups (broad SMARTS) is 1. The van der Waals surface area contributed by atoms with Gasteiger partial charge < -0.3 is 5.11 Å². The van der Waals surface area contributed by atoms with Crippen LogP contribution in [-0.4, -0.2) is 17.3 Å². The van der Waals surface area contributed by atoms with Crippen LogP contribution in [-0.2, 0) is 4.79 Å². The average Bonchev–Trinajstić information content (AvgIpc) is 2.23. The van der Waals surface area contributed by atoms with E-state index in [1.165, 1.54) is 0 Å². The number of carboxylic acids is 1. The summed E-state index contributed by atoms with van der Waals surface area (Å²) < 4.78 is 91.8. The second-order valence-electron chi connectivity index (χ2n) is 2.59. The number of hydrogen-bond donors (Lipinski definition) is 1. The Morgan fingerprint density at radius 3 is 1.39 bits per heavy atom. The lowest BCUT2D eigenvalue weighted by Crippen LogP contribution is -2.21. The molecule has 0 aliphatic carbocycles. The van der Waals surface area contributed by atoms with Gasteiger partial charge in [0.25, 0.3) is 0 Å². The van der Waals surface area contributed by atoms with Crippen LogP contribution in [0, 0.1) is 29.1 Å². The normalized spacial score (nSPS) is 10.7. The number of rotatable bonds is 0. The first-order chi connectivity index (χ1) is 7.98. The molecular weight excluding hydrogens is 280 g/mol. The standard InChI is InChI=1S/C6HF5.C2HF3O2/c7-2-1-3(8)5(10)6(11)4(2)9;3-2(4,5)1(6)7/h1H;(H,6,7). The third-order valence-corrected chi connectivity index (χ3v) is 1.30. The molecule has 0 aliphatic heterocycles. The van der Waals surface area contributed by atoms with Gasteiger partial charge in [0.2, 0.25) is 5.82 Å². The third kappa shape index (κ3) is 4.18. The molecule has 0 heterocycles. The molecule has 0 radical (unpaired) electrons. The number of aliphatic carboxylic acids is 1. The zero-order valence-electron chi connectivity index (χ0n) is 7.96. The highest BCUT2D eigenvalue weighted by atomic mass is 19.4. The fraction of sp³-hybridized carbons (Fsp3) is 0.125. The lowest BCUT2D eigenvalue weighted by molar-refractivity contribution is -0.192. The van der Waals surface area contributed by atoms with Gasteiger partial charge >= 0.3 is 12.1 Å². The van der Waals surface area contributed by atoms with Crippen LogP contribution in [0.5, 0.6) is 0 Å². The minimum atomic E-state index is -5.08. The van der Waals surface area contributed by atoms with E-state index in [0.717, 1.165) is 0 Å². The van der Waals surface area contributed by atoms with Crippen molar-refractivity contribution in [3.05, 3.63) is 35.2 Å². The summed E-state index contributed by atoms with van der Waals surface area (Å²) in [5, 5.41) is 7.12. The number of halogens is 8. The van der Waals surface area contributed by atoms with Crippen molar-refractivity contribution in [2.75, 3.05) is 0 Å². The highest BCUT2D eigenvalue weighted by Crippen LogP contribution is 2.16. The smallest absolute Gasteiger partial charge is 0.475 e. The van der Waals surface area contributed by atoms with Crippen LogP contribution in [0.15, 0.2) is 6.07 Å². The number of hydrogen-bond acceptors (Lipinski definition) is 1.